The largest absolute Gasteiger partial charge is 0.481 e. The zero-order valence-corrected chi connectivity index (χ0v) is 16.2. The summed E-state index contributed by atoms with van der Waals surface area (Å²) in [6, 6.07) is 11.3. The van der Waals surface area contributed by atoms with Gasteiger partial charge in [0.1, 0.15) is 0 Å². The average molecular weight is 390 g/mol. The summed E-state index contributed by atoms with van der Waals surface area (Å²) in [6.45, 7) is 3.59. The van der Waals surface area contributed by atoms with E-state index >= 15 is 0 Å². The van der Waals surface area contributed by atoms with Gasteiger partial charge in [-0.2, -0.15) is 0 Å². The molecular weight excluding hydrogens is 368 g/mol. The molecule has 0 aliphatic carbocycles. The molecule has 7 nitrogen and oxygen atoms in total. The molecule has 2 N–H and O–H groups in total. The Morgan fingerprint density at radius 1 is 1.11 bits per heavy atom. The maximum atomic E-state index is 12.7. The number of rotatable bonds is 7. The van der Waals surface area contributed by atoms with Crippen molar-refractivity contribution in [2.75, 3.05) is 18.3 Å². The summed E-state index contributed by atoms with van der Waals surface area (Å²) in [7, 11) is -2.31. The molecule has 27 heavy (non-hydrogen) atoms. The number of aliphatic carboxylic acids is 1. The van der Waals surface area contributed by atoms with Crippen molar-refractivity contribution in [3.8, 4) is 0 Å². The minimum absolute atomic E-state index is 0.0621. The van der Waals surface area contributed by atoms with Crippen molar-refractivity contribution in [1.82, 2.24) is 4.90 Å². The van der Waals surface area contributed by atoms with Gasteiger partial charge in [0.15, 0.2) is 0 Å². The second-order valence-corrected chi connectivity index (χ2v) is 7.98. The maximum Gasteiger partial charge on any atom is 0.305 e. The van der Waals surface area contributed by atoms with E-state index in [0.29, 0.717) is 5.56 Å². The van der Waals surface area contributed by atoms with Gasteiger partial charge in [-0.1, -0.05) is 18.2 Å². The molecule has 0 saturated heterocycles. The molecule has 0 aromatic heterocycles. The Bertz CT molecular complexity index is 970. The summed E-state index contributed by atoms with van der Waals surface area (Å²) in [5.41, 5.74) is 1.97. The van der Waals surface area contributed by atoms with Gasteiger partial charge in [0.25, 0.3) is 15.9 Å². The van der Waals surface area contributed by atoms with E-state index in [1.165, 1.54) is 18.0 Å². The number of hydrogen-bond donors (Lipinski definition) is 2. The Morgan fingerprint density at radius 2 is 1.81 bits per heavy atom. The molecule has 1 amide bonds. The predicted octanol–water partition coefficient (Wildman–Crippen LogP) is 2.65. The van der Waals surface area contributed by atoms with Crippen LogP contribution in [-0.2, 0) is 14.8 Å². The van der Waals surface area contributed by atoms with Gasteiger partial charge in [-0.3, -0.25) is 14.3 Å². The zero-order valence-electron chi connectivity index (χ0n) is 15.4. The van der Waals surface area contributed by atoms with Gasteiger partial charge in [-0.05, 0) is 49.2 Å². The lowest BCUT2D eigenvalue weighted by Crippen LogP contribution is -2.29. The number of carboxylic acid groups (broad SMARTS) is 1. The zero-order chi connectivity index (χ0) is 20.2. The molecule has 0 aliphatic heterocycles. The molecule has 0 radical (unpaired) electrons. The van der Waals surface area contributed by atoms with Gasteiger partial charge < -0.3 is 10.0 Å². The second-order valence-electron chi connectivity index (χ2n) is 6.33. The topological polar surface area (TPSA) is 104 Å². The van der Waals surface area contributed by atoms with E-state index in [9.17, 15) is 18.0 Å². The van der Waals surface area contributed by atoms with Crippen molar-refractivity contribution < 1.29 is 23.1 Å². The van der Waals surface area contributed by atoms with Crippen molar-refractivity contribution >= 4 is 27.6 Å². The number of benzene rings is 2. The normalized spacial score (nSPS) is 11.1. The molecule has 144 valence electrons. The summed E-state index contributed by atoms with van der Waals surface area (Å²) in [5, 5.41) is 8.72. The lowest BCUT2D eigenvalue weighted by molar-refractivity contribution is -0.137. The number of carbonyl (C=O) groups is 2. The van der Waals surface area contributed by atoms with Crippen LogP contribution in [0.4, 0.5) is 5.69 Å². The Hall–Kier alpha value is -2.87. The van der Waals surface area contributed by atoms with Crippen LogP contribution in [0.2, 0.25) is 0 Å². The molecule has 0 unspecified atom stereocenters. The molecule has 0 heterocycles. The third-order valence-corrected chi connectivity index (χ3v) is 5.53. The van der Waals surface area contributed by atoms with Crippen molar-refractivity contribution in [2.45, 2.75) is 25.2 Å². The Kier molecular flexibility index (Phi) is 6.22. The maximum absolute atomic E-state index is 12.7. The van der Waals surface area contributed by atoms with E-state index in [1.807, 2.05) is 13.0 Å². The van der Waals surface area contributed by atoms with Crippen LogP contribution in [-0.4, -0.2) is 43.9 Å². The van der Waals surface area contributed by atoms with Gasteiger partial charge in [0.2, 0.25) is 0 Å². The highest BCUT2D eigenvalue weighted by atomic mass is 32.2. The first-order valence-electron chi connectivity index (χ1n) is 8.27. The van der Waals surface area contributed by atoms with Gasteiger partial charge in [-0.15, -0.1) is 0 Å². The average Bonchev–Trinajstić information content (AvgIpc) is 2.60. The van der Waals surface area contributed by atoms with E-state index in [-0.39, 0.29) is 35.0 Å². The van der Waals surface area contributed by atoms with Crippen LogP contribution in [0.5, 0.6) is 0 Å². The molecule has 0 atom stereocenters. The van der Waals surface area contributed by atoms with Crippen molar-refractivity contribution in [1.29, 1.82) is 0 Å². The van der Waals surface area contributed by atoms with Gasteiger partial charge in [0, 0.05) is 24.8 Å². The minimum atomic E-state index is -3.80. The molecule has 0 saturated carbocycles. The first-order chi connectivity index (χ1) is 12.6. The Morgan fingerprint density at radius 3 is 2.48 bits per heavy atom. The van der Waals surface area contributed by atoms with E-state index in [2.05, 4.69) is 4.72 Å². The summed E-state index contributed by atoms with van der Waals surface area (Å²) in [5.74, 6) is -1.38. The highest BCUT2D eigenvalue weighted by Crippen LogP contribution is 2.21. The number of nitrogens with zero attached hydrogens (tertiary/aromatic N) is 1. The number of sulfonamides is 1. The molecular formula is C19H22N2O5S. The monoisotopic (exact) mass is 390 g/mol. The number of nitrogens with one attached hydrogen (secondary N) is 1. The molecule has 2 aromatic carbocycles. The summed E-state index contributed by atoms with van der Waals surface area (Å²) >= 11 is 0. The molecule has 2 aromatic rings. The first kappa shape index (κ1) is 20.4. The number of aryl methyl sites for hydroxylation is 2. The summed E-state index contributed by atoms with van der Waals surface area (Å²) < 4.78 is 27.9. The smallest absolute Gasteiger partial charge is 0.305 e. The predicted molar refractivity (Wildman–Crippen MR) is 102 cm³/mol. The molecule has 2 rings (SSSR count). The van der Waals surface area contributed by atoms with Crippen LogP contribution in [0.25, 0.3) is 0 Å². The standard InChI is InChI=1S/C19H22N2O5S/c1-13-7-8-14(2)17(11-13)27(25,26)20-16-6-4-5-15(12-16)19(24)21(3)10-9-18(22)23/h4-8,11-12,20H,9-10H2,1-3H3,(H,22,23). The number of carboxylic acids is 1. The lowest BCUT2D eigenvalue weighted by Gasteiger charge is -2.17. The highest BCUT2D eigenvalue weighted by molar-refractivity contribution is 7.92. The Balaban J connectivity index is 2.23. The molecule has 0 fully saturated rings. The first-order valence-corrected chi connectivity index (χ1v) is 9.76. The van der Waals surface area contributed by atoms with Gasteiger partial charge in [0.05, 0.1) is 11.3 Å². The third-order valence-electron chi connectivity index (χ3n) is 4.00. The van der Waals surface area contributed by atoms with Crippen LogP contribution in [0.1, 0.15) is 27.9 Å². The number of amides is 1. The summed E-state index contributed by atoms with van der Waals surface area (Å²) in [6.07, 6.45) is -0.165. The Labute approximate surface area is 158 Å². The number of anilines is 1. The fraction of sp³-hybridized carbons (Fsp3) is 0.263. The van der Waals surface area contributed by atoms with E-state index < -0.39 is 16.0 Å². The third kappa shape index (κ3) is 5.30. The quantitative estimate of drug-likeness (QED) is 0.756. The SMILES string of the molecule is Cc1ccc(C)c(S(=O)(=O)Nc2cccc(C(=O)N(C)CCC(=O)O)c2)c1. The van der Waals surface area contributed by atoms with Gasteiger partial charge >= 0.3 is 5.97 Å². The fourth-order valence-electron chi connectivity index (χ4n) is 2.51. The number of hydrogen-bond acceptors (Lipinski definition) is 4. The lowest BCUT2D eigenvalue weighted by atomic mass is 10.2. The van der Waals surface area contributed by atoms with Crippen LogP contribution < -0.4 is 4.72 Å². The minimum Gasteiger partial charge on any atom is -0.481 e. The van der Waals surface area contributed by atoms with Crippen LogP contribution in [0, 0.1) is 13.8 Å². The van der Waals surface area contributed by atoms with Crippen LogP contribution >= 0.6 is 0 Å². The van der Waals surface area contributed by atoms with Crippen molar-refractivity contribution in [3.63, 3.8) is 0 Å². The van der Waals surface area contributed by atoms with E-state index in [4.69, 9.17) is 5.11 Å². The molecule has 0 spiro atoms. The van der Waals surface area contributed by atoms with Gasteiger partial charge in [-0.25, -0.2) is 8.42 Å². The summed E-state index contributed by atoms with van der Waals surface area (Å²) in [4.78, 5) is 24.5. The van der Waals surface area contributed by atoms with Crippen molar-refractivity contribution in [3.05, 3.63) is 59.2 Å². The van der Waals surface area contributed by atoms with E-state index in [1.54, 1.807) is 37.3 Å². The number of carbonyl (C=O) groups excluding carboxylic acids is 1. The molecule has 0 aliphatic rings. The van der Waals surface area contributed by atoms with Crippen molar-refractivity contribution in [2.24, 2.45) is 0 Å². The van der Waals surface area contributed by atoms with Crippen LogP contribution in [0.3, 0.4) is 0 Å². The second kappa shape index (κ2) is 8.22. The van der Waals surface area contributed by atoms with Crippen LogP contribution in [0.15, 0.2) is 47.4 Å². The molecule has 0 bridgehead atoms. The van der Waals surface area contributed by atoms with E-state index in [0.717, 1.165) is 5.56 Å². The molecule has 8 heteroatoms. The fourth-order valence-corrected chi connectivity index (χ4v) is 3.89. The highest BCUT2D eigenvalue weighted by Gasteiger charge is 2.19.